The second-order valence-corrected chi connectivity index (χ2v) is 9.80. The molecule has 0 aliphatic heterocycles. The molecule has 0 bridgehead atoms. The third kappa shape index (κ3) is 4.69. The molecule has 0 spiro atoms. The Morgan fingerprint density at radius 1 is 1.12 bits per heavy atom. The van der Waals surface area contributed by atoms with Gasteiger partial charge in [-0.15, -0.1) is 22.7 Å². The minimum Gasteiger partial charge on any atom is -0.347 e. The summed E-state index contributed by atoms with van der Waals surface area (Å²) in [5.41, 5.74) is 0.738. The van der Waals surface area contributed by atoms with Crippen LogP contribution in [0.4, 0.5) is 5.69 Å². The Morgan fingerprint density at radius 2 is 1.96 bits per heavy atom. The van der Waals surface area contributed by atoms with Gasteiger partial charge in [-0.3, -0.25) is 9.52 Å². The summed E-state index contributed by atoms with van der Waals surface area (Å²) in [6, 6.07) is 11.6. The molecule has 130 valence electrons. The van der Waals surface area contributed by atoms with E-state index in [1.54, 1.807) is 41.0 Å². The number of hydrogen-bond acceptors (Lipinski definition) is 5. The Hall–Kier alpha value is -1.68. The molecule has 25 heavy (non-hydrogen) atoms. The average Bonchev–Trinajstić information content (AvgIpc) is 3.24. The molecule has 1 amide bonds. The zero-order valence-electron chi connectivity index (χ0n) is 12.7. The lowest BCUT2D eigenvalue weighted by atomic mass is 10.2. The average molecular weight is 457 g/mol. The Kier molecular flexibility index (Phi) is 5.57. The Labute approximate surface area is 161 Å². The van der Waals surface area contributed by atoms with Crippen LogP contribution >= 0.6 is 38.6 Å². The van der Waals surface area contributed by atoms with Crippen LogP contribution in [0.1, 0.15) is 15.2 Å². The zero-order valence-corrected chi connectivity index (χ0v) is 16.8. The highest BCUT2D eigenvalue weighted by Crippen LogP contribution is 2.21. The van der Waals surface area contributed by atoms with E-state index in [2.05, 4.69) is 26.0 Å². The highest BCUT2D eigenvalue weighted by molar-refractivity contribution is 9.10. The highest BCUT2D eigenvalue weighted by atomic mass is 79.9. The van der Waals surface area contributed by atoms with Gasteiger partial charge in [-0.1, -0.05) is 12.1 Å². The van der Waals surface area contributed by atoms with Gasteiger partial charge < -0.3 is 5.32 Å². The molecule has 0 aliphatic carbocycles. The molecule has 0 unspecified atom stereocenters. The third-order valence-electron chi connectivity index (χ3n) is 3.18. The number of carbonyl (C=O) groups excluding carboxylic acids is 1. The molecule has 2 aromatic heterocycles. The number of thiophene rings is 2. The van der Waals surface area contributed by atoms with Crippen molar-refractivity contribution in [3.63, 3.8) is 0 Å². The molecule has 2 heterocycles. The first kappa shape index (κ1) is 18.1. The minimum atomic E-state index is -3.63. The van der Waals surface area contributed by atoms with Gasteiger partial charge in [0.15, 0.2) is 0 Å². The molecule has 0 fully saturated rings. The van der Waals surface area contributed by atoms with Crippen LogP contribution in [0.3, 0.4) is 0 Å². The number of sulfonamides is 1. The molecule has 0 radical (unpaired) electrons. The second kappa shape index (κ2) is 7.69. The predicted octanol–water partition coefficient (Wildman–Crippen LogP) is 4.30. The van der Waals surface area contributed by atoms with Gasteiger partial charge >= 0.3 is 0 Å². The number of benzene rings is 1. The number of rotatable bonds is 6. The first-order valence-corrected chi connectivity index (χ1v) is 11.1. The van der Waals surface area contributed by atoms with E-state index in [4.69, 9.17) is 0 Å². The SMILES string of the molecule is O=C(NCc1cc(Br)cs1)c1cccc(NS(=O)(=O)c2cccs2)c1. The lowest BCUT2D eigenvalue weighted by Crippen LogP contribution is -2.22. The van der Waals surface area contributed by atoms with Crippen molar-refractivity contribution in [2.75, 3.05) is 4.72 Å². The van der Waals surface area contributed by atoms with Crippen molar-refractivity contribution < 1.29 is 13.2 Å². The topological polar surface area (TPSA) is 75.3 Å². The summed E-state index contributed by atoms with van der Waals surface area (Å²) in [5.74, 6) is -0.262. The van der Waals surface area contributed by atoms with Crippen molar-refractivity contribution in [1.82, 2.24) is 5.32 Å². The summed E-state index contributed by atoms with van der Waals surface area (Å²) < 4.78 is 28.2. The van der Waals surface area contributed by atoms with Crippen LogP contribution < -0.4 is 10.0 Å². The Morgan fingerprint density at radius 3 is 2.64 bits per heavy atom. The Bertz CT molecular complexity index is 982. The Balaban J connectivity index is 1.69. The first-order valence-electron chi connectivity index (χ1n) is 7.11. The summed E-state index contributed by atoms with van der Waals surface area (Å²) in [7, 11) is -3.63. The van der Waals surface area contributed by atoms with E-state index in [0.29, 0.717) is 17.8 Å². The number of hydrogen-bond donors (Lipinski definition) is 2. The fourth-order valence-corrected chi connectivity index (χ4v) is 5.49. The maximum absolute atomic E-state index is 12.3. The van der Waals surface area contributed by atoms with Gasteiger partial charge in [0.25, 0.3) is 15.9 Å². The van der Waals surface area contributed by atoms with Gasteiger partial charge in [0.2, 0.25) is 0 Å². The molecule has 0 aliphatic rings. The summed E-state index contributed by atoms with van der Waals surface area (Å²) >= 11 is 6.05. The molecular formula is C16H13BrN2O3S3. The lowest BCUT2D eigenvalue weighted by Gasteiger charge is -2.08. The van der Waals surface area contributed by atoms with E-state index < -0.39 is 10.0 Å². The van der Waals surface area contributed by atoms with Crippen LogP contribution in [0, 0.1) is 0 Å². The number of carbonyl (C=O) groups is 1. The largest absolute Gasteiger partial charge is 0.347 e. The van der Waals surface area contributed by atoms with Gasteiger partial charge in [0.1, 0.15) is 4.21 Å². The number of anilines is 1. The van der Waals surface area contributed by atoms with Crippen molar-refractivity contribution >= 4 is 60.2 Å². The molecule has 3 rings (SSSR count). The third-order valence-corrected chi connectivity index (χ3v) is 7.66. The second-order valence-electron chi connectivity index (χ2n) is 5.03. The van der Waals surface area contributed by atoms with Gasteiger partial charge in [-0.05, 0) is 51.6 Å². The van der Waals surface area contributed by atoms with E-state index in [-0.39, 0.29) is 10.1 Å². The van der Waals surface area contributed by atoms with Crippen LogP contribution in [-0.2, 0) is 16.6 Å². The van der Waals surface area contributed by atoms with Crippen LogP contribution in [0.25, 0.3) is 0 Å². The fourth-order valence-electron chi connectivity index (χ4n) is 2.06. The van der Waals surface area contributed by atoms with Gasteiger partial charge in [-0.25, -0.2) is 8.42 Å². The number of amides is 1. The van der Waals surface area contributed by atoms with E-state index in [0.717, 1.165) is 20.7 Å². The molecule has 0 saturated heterocycles. The molecule has 3 aromatic rings. The van der Waals surface area contributed by atoms with E-state index in [9.17, 15) is 13.2 Å². The normalized spacial score (nSPS) is 11.2. The maximum atomic E-state index is 12.3. The van der Waals surface area contributed by atoms with Crippen molar-refractivity contribution in [2.24, 2.45) is 0 Å². The minimum absolute atomic E-state index is 0.227. The summed E-state index contributed by atoms with van der Waals surface area (Å²) in [6.45, 7) is 0.417. The van der Waals surface area contributed by atoms with Crippen LogP contribution in [-0.4, -0.2) is 14.3 Å². The first-order chi connectivity index (χ1) is 11.9. The molecule has 1 aromatic carbocycles. The highest BCUT2D eigenvalue weighted by Gasteiger charge is 2.16. The summed E-state index contributed by atoms with van der Waals surface area (Å²) in [6.07, 6.45) is 0. The van der Waals surface area contributed by atoms with Gasteiger partial charge in [-0.2, -0.15) is 0 Å². The quantitative estimate of drug-likeness (QED) is 0.580. The molecule has 5 nitrogen and oxygen atoms in total. The molecule has 9 heteroatoms. The van der Waals surface area contributed by atoms with E-state index in [1.807, 2.05) is 11.4 Å². The lowest BCUT2D eigenvalue weighted by molar-refractivity contribution is 0.0951. The van der Waals surface area contributed by atoms with Crippen molar-refractivity contribution in [1.29, 1.82) is 0 Å². The fraction of sp³-hybridized carbons (Fsp3) is 0.0625. The summed E-state index contributed by atoms with van der Waals surface area (Å²) in [4.78, 5) is 13.3. The van der Waals surface area contributed by atoms with Crippen molar-refractivity contribution in [3.8, 4) is 0 Å². The van der Waals surface area contributed by atoms with Gasteiger partial charge in [0.05, 0.1) is 6.54 Å². The predicted molar refractivity (Wildman–Crippen MR) is 105 cm³/mol. The van der Waals surface area contributed by atoms with Crippen LogP contribution in [0.5, 0.6) is 0 Å². The van der Waals surface area contributed by atoms with Crippen molar-refractivity contribution in [2.45, 2.75) is 10.8 Å². The van der Waals surface area contributed by atoms with E-state index >= 15 is 0 Å². The maximum Gasteiger partial charge on any atom is 0.271 e. The molecular weight excluding hydrogens is 444 g/mol. The van der Waals surface area contributed by atoms with E-state index in [1.165, 1.54) is 12.1 Å². The van der Waals surface area contributed by atoms with Gasteiger partial charge in [0, 0.05) is 26.0 Å². The standard InChI is InChI=1S/C16H13BrN2O3S3/c17-12-8-14(24-10-12)9-18-16(20)11-3-1-4-13(7-11)19-25(21,22)15-5-2-6-23-15/h1-8,10,19H,9H2,(H,18,20). The smallest absolute Gasteiger partial charge is 0.271 e. The van der Waals surface area contributed by atoms with Crippen LogP contribution in [0.2, 0.25) is 0 Å². The number of halogens is 1. The summed E-state index contributed by atoms with van der Waals surface area (Å²) in [5, 5.41) is 6.46. The molecule has 0 atom stereocenters. The molecule has 0 saturated carbocycles. The molecule has 2 N–H and O–H groups in total. The number of nitrogens with one attached hydrogen (secondary N) is 2. The zero-order chi connectivity index (χ0) is 17.9. The van der Waals surface area contributed by atoms with Crippen LogP contribution in [0.15, 0.2) is 61.9 Å². The van der Waals surface area contributed by atoms with Crippen molar-refractivity contribution in [3.05, 3.63) is 68.1 Å². The monoisotopic (exact) mass is 456 g/mol.